The van der Waals surface area contributed by atoms with Gasteiger partial charge in [-0.2, -0.15) is 0 Å². The van der Waals surface area contributed by atoms with E-state index in [-0.39, 0.29) is 62.4 Å². The molecule has 0 saturated heterocycles. The molecule has 0 spiro atoms. The van der Waals surface area contributed by atoms with E-state index in [1.165, 1.54) is 76.3 Å². The van der Waals surface area contributed by atoms with Crippen LogP contribution in [0.1, 0.15) is 89.5 Å². The van der Waals surface area contributed by atoms with Crippen LogP contribution in [0.15, 0.2) is 53.4 Å². The molecule has 1 aliphatic rings. The number of nitrogens with one attached hydrogen (secondary N) is 1. The Labute approximate surface area is 249 Å². The Hall–Kier alpha value is -0.414. The van der Waals surface area contributed by atoms with E-state index in [2.05, 4.69) is 29.3 Å². The van der Waals surface area contributed by atoms with Crippen LogP contribution < -0.4 is 61.6 Å². The Kier molecular flexibility index (Phi) is 13.7. The summed E-state index contributed by atoms with van der Waals surface area (Å²) in [6.07, 6.45) is 15.5. The fourth-order valence-electron chi connectivity index (χ4n) is 4.66. The van der Waals surface area contributed by atoms with Crippen LogP contribution in [0.2, 0.25) is 0 Å². The first-order valence-electron chi connectivity index (χ1n) is 12.7. The van der Waals surface area contributed by atoms with Gasteiger partial charge in [0.05, 0.1) is 22.4 Å². The first-order chi connectivity index (χ1) is 16.0. The van der Waals surface area contributed by atoms with E-state index < -0.39 is 10.1 Å². The van der Waals surface area contributed by atoms with Gasteiger partial charge in [0.2, 0.25) is 0 Å². The molecular formula is C27H39KN2O3S. The zero-order valence-corrected chi connectivity index (χ0v) is 24.9. The summed E-state index contributed by atoms with van der Waals surface area (Å²) in [7, 11) is -4.48. The van der Waals surface area contributed by atoms with Crippen LogP contribution in [0, 0.1) is 0 Å². The van der Waals surface area contributed by atoms with E-state index in [1.807, 2.05) is 18.2 Å². The molecule has 0 fully saturated rings. The zero-order valence-electron chi connectivity index (χ0n) is 21.0. The molecule has 2 aromatic carbocycles. The van der Waals surface area contributed by atoms with E-state index >= 15 is 0 Å². The molecular weight excluding hydrogens is 471 g/mol. The summed E-state index contributed by atoms with van der Waals surface area (Å²) in [5, 5.41) is 3.55. The normalized spacial score (nSPS) is 15.0. The Bertz CT molecular complexity index is 954. The smallest absolute Gasteiger partial charge is 0.744 e. The average molecular weight is 511 g/mol. The predicted molar refractivity (Wildman–Crippen MR) is 136 cm³/mol. The van der Waals surface area contributed by atoms with Gasteiger partial charge in [0.15, 0.2) is 0 Å². The molecule has 1 atom stereocenters. The second-order valence-electron chi connectivity index (χ2n) is 9.23. The van der Waals surface area contributed by atoms with Gasteiger partial charge >= 0.3 is 51.4 Å². The molecule has 0 radical (unpaired) electrons. The van der Waals surface area contributed by atoms with Crippen molar-refractivity contribution in [2.45, 2.75) is 102 Å². The average Bonchev–Trinajstić information content (AvgIpc) is 3.14. The van der Waals surface area contributed by atoms with Crippen molar-refractivity contribution < 1.29 is 64.4 Å². The van der Waals surface area contributed by atoms with Gasteiger partial charge in [0.25, 0.3) is 0 Å². The van der Waals surface area contributed by atoms with Crippen molar-refractivity contribution in [2.75, 3.05) is 10.2 Å². The molecule has 0 aliphatic carbocycles. The Morgan fingerprint density at radius 1 is 0.853 bits per heavy atom. The molecule has 34 heavy (non-hydrogen) atoms. The monoisotopic (exact) mass is 510 g/mol. The van der Waals surface area contributed by atoms with Gasteiger partial charge in [-0.1, -0.05) is 101 Å². The van der Waals surface area contributed by atoms with Crippen molar-refractivity contribution in [2.24, 2.45) is 0 Å². The van der Waals surface area contributed by atoms with Crippen LogP contribution in [0.4, 0.5) is 11.4 Å². The summed E-state index contributed by atoms with van der Waals surface area (Å²) in [4.78, 5) is 2.03. The van der Waals surface area contributed by atoms with Crippen LogP contribution in [0.3, 0.4) is 0 Å². The summed E-state index contributed by atoms with van der Waals surface area (Å²) in [6.45, 7) is 2.93. The molecule has 0 saturated carbocycles. The fraction of sp³-hybridized carbons (Fsp3) is 0.556. The minimum Gasteiger partial charge on any atom is -0.744 e. The van der Waals surface area contributed by atoms with Crippen molar-refractivity contribution in [3.05, 3.63) is 54.1 Å². The van der Waals surface area contributed by atoms with Crippen molar-refractivity contribution in [3.8, 4) is 0 Å². The van der Waals surface area contributed by atoms with Gasteiger partial charge in [-0.3, -0.25) is 0 Å². The number of fused-ring (bicyclic) bond motifs is 1. The Morgan fingerprint density at radius 3 is 2.03 bits per heavy atom. The van der Waals surface area contributed by atoms with Crippen LogP contribution in [-0.4, -0.2) is 19.1 Å². The maximum atomic E-state index is 11.6. The summed E-state index contributed by atoms with van der Waals surface area (Å²) in [6, 6.07) is 14.8. The summed E-state index contributed by atoms with van der Waals surface area (Å²) >= 11 is 0. The maximum Gasteiger partial charge on any atom is 1.00 e. The van der Waals surface area contributed by atoms with Crippen LogP contribution in [0.25, 0.3) is 0 Å². The second-order valence-corrected chi connectivity index (χ2v) is 10.6. The molecule has 3 rings (SSSR count). The fourth-order valence-corrected chi connectivity index (χ4v) is 5.15. The molecule has 0 amide bonds. The third-order valence-corrected chi connectivity index (χ3v) is 7.37. The van der Waals surface area contributed by atoms with E-state index in [9.17, 15) is 13.0 Å². The maximum absolute atomic E-state index is 11.6. The number of hydrogen-bond donors (Lipinski definition) is 1. The molecule has 1 heterocycles. The number of rotatable bonds is 15. The van der Waals surface area contributed by atoms with E-state index in [4.69, 9.17) is 0 Å². The molecule has 1 aliphatic heterocycles. The standard InChI is InChI=1S/C27H40N2O3S.K/c1-2-3-4-5-6-7-8-9-10-11-15-18-27-28-25-20-19-24(33(30,31)32)21-26(25)29(27)22-23-16-13-12-14-17-23;/h12-14,16-17,19-21,27-28H,2-11,15,18,22H2,1H3,(H,30,31,32);/q;+1/p-1. The van der Waals surface area contributed by atoms with Gasteiger partial charge in [0.1, 0.15) is 10.1 Å². The minimum absolute atomic E-state index is 0. The number of benzene rings is 2. The summed E-state index contributed by atoms with van der Waals surface area (Å²) in [5.41, 5.74) is 2.85. The van der Waals surface area contributed by atoms with Gasteiger partial charge in [-0.25, -0.2) is 8.42 Å². The Morgan fingerprint density at radius 2 is 1.44 bits per heavy atom. The number of nitrogens with zero attached hydrogens (tertiary/aromatic N) is 1. The molecule has 2 aromatic rings. The zero-order chi connectivity index (χ0) is 23.5. The van der Waals surface area contributed by atoms with Crippen LogP contribution in [-0.2, 0) is 16.7 Å². The van der Waals surface area contributed by atoms with Crippen molar-refractivity contribution >= 4 is 21.5 Å². The molecule has 0 bridgehead atoms. The molecule has 1 N–H and O–H groups in total. The van der Waals surface area contributed by atoms with Gasteiger partial charge < -0.3 is 14.8 Å². The van der Waals surface area contributed by atoms with E-state index in [0.717, 1.165) is 29.8 Å². The third-order valence-electron chi connectivity index (χ3n) is 6.54. The van der Waals surface area contributed by atoms with Crippen molar-refractivity contribution in [1.29, 1.82) is 0 Å². The largest absolute Gasteiger partial charge is 1.00 e. The molecule has 7 heteroatoms. The van der Waals surface area contributed by atoms with Crippen LogP contribution >= 0.6 is 0 Å². The van der Waals surface area contributed by atoms with E-state index in [1.54, 1.807) is 6.07 Å². The quantitative estimate of drug-likeness (QED) is 0.222. The van der Waals surface area contributed by atoms with Crippen molar-refractivity contribution in [1.82, 2.24) is 0 Å². The van der Waals surface area contributed by atoms with E-state index in [0.29, 0.717) is 6.54 Å². The molecule has 1 unspecified atom stereocenters. The predicted octanol–water partition coefficient (Wildman–Crippen LogP) is 4.05. The SMILES string of the molecule is CCCCCCCCCCCCCC1Nc2ccc(S(=O)(=O)[O-])cc2N1Cc1ccccc1.[K+]. The first kappa shape index (κ1) is 29.8. The minimum atomic E-state index is -4.48. The second kappa shape index (κ2) is 15.6. The van der Waals surface area contributed by atoms with Crippen molar-refractivity contribution in [3.63, 3.8) is 0 Å². The summed E-state index contributed by atoms with van der Waals surface area (Å²) < 4.78 is 34.7. The number of anilines is 2. The Balaban J connectivity index is 0.00000408. The summed E-state index contributed by atoms with van der Waals surface area (Å²) in [5.74, 6) is 0. The molecule has 182 valence electrons. The molecule has 5 nitrogen and oxygen atoms in total. The number of hydrogen-bond acceptors (Lipinski definition) is 5. The van der Waals surface area contributed by atoms with Gasteiger partial charge in [-0.15, -0.1) is 0 Å². The first-order valence-corrected chi connectivity index (χ1v) is 14.1. The molecule has 0 aromatic heterocycles. The number of unbranched alkanes of at least 4 members (excludes halogenated alkanes) is 10. The van der Waals surface area contributed by atoms with Gasteiger partial charge in [-0.05, 0) is 36.6 Å². The van der Waals surface area contributed by atoms with Crippen LogP contribution in [0.5, 0.6) is 0 Å². The third kappa shape index (κ3) is 9.56. The van der Waals surface area contributed by atoms with Gasteiger partial charge in [0, 0.05) is 6.54 Å². The topological polar surface area (TPSA) is 72.5 Å².